The third-order valence-electron chi connectivity index (χ3n) is 3.84. The SMILES string of the molecule is CN1CCN(C2(C)CCOCC2)CC1. The van der Waals surface area contributed by atoms with Crippen molar-refractivity contribution in [3.8, 4) is 0 Å². The van der Waals surface area contributed by atoms with Crippen molar-refractivity contribution >= 4 is 0 Å². The van der Waals surface area contributed by atoms with Gasteiger partial charge in [-0.2, -0.15) is 0 Å². The zero-order valence-corrected chi connectivity index (χ0v) is 9.46. The number of hydrogen-bond donors (Lipinski definition) is 0. The molecule has 2 fully saturated rings. The van der Waals surface area contributed by atoms with Gasteiger partial charge >= 0.3 is 0 Å². The lowest BCUT2D eigenvalue weighted by Gasteiger charge is -2.47. The second kappa shape index (κ2) is 4.17. The maximum absolute atomic E-state index is 5.44. The molecule has 2 saturated heterocycles. The molecule has 82 valence electrons. The molecule has 0 aromatic carbocycles. The third-order valence-corrected chi connectivity index (χ3v) is 3.84. The molecule has 14 heavy (non-hydrogen) atoms. The minimum atomic E-state index is 0.416. The summed E-state index contributed by atoms with van der Waals surface area (Å²) in [5.74, 6) is 0. The smallest absolute Gasteiger partial charge is 0.0483 e. The van der Waals surface area contributed by atoms with Crippen molar-refractivity contribution in [2.24, 2.45) is 0 Å². The van der Waals surface area contributed by atoms with Crippen LogP contribution in [-0.2, 0) is 4.74 Å². The van der Waals surface area contributed by atoms with Gasteiger partial charge in [0.05, 0.1) is 0 Å². The van der Waals surface area contributed by atoms with E-state index in [1.807, 2.05) is 0 Å². The van der Waals surface area contributed by atoms with E-state index in [9.17, 15) is 0 Å². The molecule has 0 radical (unpaired) electrons. The second-order valence-corrected chi connectivity index (χ2v) is 4.90. The normalized spacial score (nSPS) is 30.4. The molecule has 2 aliphatic rings. The van der Waals surface area contributed by atoms with Gasteiger partial charge in [-0.15, -0.1) is 0 Å². The maximum Gasteiger partial charge on any atom is 0.0483 e. The monoisotopic (exact) mass is 198 g/mol. The van der Waals surface area contributed by atoms with E-state index in [0.717, 1.165) is 13.2 Å². The van der Waals surface area contributed by atoms with E-state index >= 15 is 0 Å². The first-order valence-corrected chi connectivity index (χ1v) is 5.72. The Morgan fingerprint density at radius 3 is 2.14 bits per heavy atom. The number of piperazine rings is 1. The molecule has 0 aromatic rings. The fraction of sp³-hybridized carbons (Fsp3) is 1.00. The van der Waals surface area contributed by atoms with Gasteiger partial charge in [0.25, 0.3) is 0 Å². The number of nitrogens with zero attached hydrogens (tertiary/aromatic N) is 2. The van der Waals surface area contributed by atoms with Crippen molar-refractivity contribution in [3.05, 3.63) is 0 Å². The lowest BCUT2D eigenvalue weighted by atomic mass is 9.89. The van der Waals surface area contributed by atoms with Gasteiger partial charge in [-0.25, -0.2) is 0 Å². The Morgan fingerprint density at radius 1 is 1.00 bits per heavy atom. The molecule has 0 unspecified atom stereocenters. The van der Waals surface area contributed by atoms with E-state index in [1.165, 1.54) is 39.0 Å². The van der Waals surface area contributed by atoms with Crippen LogP contribution in [0.3, 0.4) is 0 Å². The molecule has 2 aliphatic heterocycles. The van der Waals surface area contributed by atoms with Gasteiger partial charge in [0.15, 0.2) is 0 Å². The van der Waals surface area contributed by atoms with Crippen molar-refractivity contribution in [1.29, 1.82) is 0 Å². The Bertz CT molecular complexity index is 182. The van der Waals surface area contributed by atoms with E-state index in [0.29, 0.717) is 5.54 Å². The first kappa shape index (κ1) is 10.4. The Balaban J connectivity index is 1.92. The topological polar surface area (TPSA) is 15.7 Å². The quantitative estimate of drug-likeness (QED) is 0.620. The first-order chi connectivity index (χ1) is 6.71. The summed E-state index contributed by atoms with van der Waals surface area (Å²) in [5.41, 5.74) is 0.416. The van der Waals surface area contributed by atoms with Gasteiger partial charge in [-0.05, 0) is 26.8 Å². The zero-order valence-electron chi connectivity index (χ0n) is 9.46. The summed E-state index contributed by atoms with van der Waals surface area (Å²) in [6, 6.07) is 0. The lowest BCUT2D eigenvalue weighted by molar-refractivity contribution is -0.0349. The van der Waals surface area contributed by atoms with Crippen LogP contribution >= 0.6 is 0 Å². The van der Waals surface area contributed by atoms with Crippen LogP contribution in [0.25, 0.3) is 0 Å². The standard InChI is InChI=1S/C11H22N2O/c1-11(3-9-14-10-4-11)13-7-5-12(2)6-8-13/h3-10H2,1-2H3. The van der Waals surface area contributed by atoms with E-state index in [-0.39, 0.29) is 0 Å². The average Bonchev–Trinajstić information content (AvgIpc) is 2.19. The van der Waals surface area contributed by atoms with Crippen LogP contribution in [0.5, 0.6) is 0 Å². The zero-order chi connectivity index (χ0) is 10.0. The van der Waals surface area contributed by atoms with Crippen molar-refractivity contribution in [2.45, 2.75) is 25.3 Å². The summed E-state index contributed by atoms with van der Waals surface area (Å²) in [6.07, 6.45) is 2.41. The molecular formula is C11H22N2O. The van der Waals surface area contributed by atoms with Crippen LogP contribution in [0.15, 0.2) is 0 Å². The molecule has 2 rings (SSSR count). The molecular weight excluding hydrogens is 176 g/mol. The minimum Gasteiger partial charge on any atom is -0.381 e. The fourth-order valence-corrected chi connectivity index (χ4v) is 2.47. The van der Waals surface area contributed by atoms with Crippen LogP contribution in [-0.4, -0.2) is 61.8 Å². The number of rotatable bonds is 1. The summed E-state index contributed by atoms with van der Waals surface area (Å²) >= 11 is 0. The fourth-order valence-electron chi connectivity index (χ4n) is 2.47. The van der Waals surface area contributed by atoms with Gasteiger partial charge < -0.3 is 9.64 Å². The predicted octanol–water partition coefficient (Wildman–Crippen LogP) is 0.803. The average molecular weight is 198 g/mol. The van der Waals surface area contributed by atoms with Crippen LogP contribution in [0.2, 0.25) is 0 Å². The van der Waals surface area contributed by atoms with Gasteiger partial charge in [0.2, 0.25) is 0 Å². The molecule has 3 nitrogen and oxygen atoms in total. The van der Waals surface area contributed by atoms with E-state index in [2.05, 4.69) is 23.8 Å². The van der Waals surface area contributed by atoms with Crippen LogP contribution in [0, 0.1) is 0 Å². The van der Waals surface area contributed by atoms with Crippen LogP contribution in [0.1, 0.15) is 19.8 Å². The number of ether oxygens (including phenoxy) is 1. The minimum absolute atomic E-state index is 0.416. The highest BCUT2D eigenvalue weighted by Gasteiger charge is 2.34. The van der Waals surface area contributed by atoms with E-state index in [1.54, 1.807) is 0 Å². The summed E-state index contributed by atoms with van der Waals surface area (Å²) < 4.78 is 5.44. The van der Waals surface area contributed by atoms with Gasteiger partial charge in [-0.3, -0.25) is 4.90 Å². The molecule has 2 heterocycles. The Labute approximate surface area is 87.0 Å². The molecule has 0 spiro atoms. The Hall–Kier alpha value is -0.120. The second-order valence-electron chi connectivity index (χ2n) is 4.90. The number of hydrogen-bond acceptors (Lipinski definition) is 3. The summed E-state index contributed by atoms with van der Waals surface area (Å²) in [6.45, 7) is 9.19. The van der Waals surface area contributed by atoms with Crippen LogP contribution < -0.4 is 0 Å². The predicted molar refractivity (Wildman–Crippen MR) is 57.5 cm³/mol. The summed E-state index contributed by atoms with van der Waals surface area (Å²) in [5, 5.41) is 0. The molecule has 0 aliphatic carbocycles. The molecule has 3 heteroatoms. The van der Waals surface area contributed by atoms with Crippen molar-refractivity contribution in [3.63, 3.8) is 0 Å². The first-order valence-electron chi connectivity index (χ1n) is 5.72. The van der Waals surface area contributed by atoms with Crippen molar-refractivity contribution in [1.82, 2.24) is 9.80 Å². The summed E-state index contributed by atoms with van der Waals surface area (Å²) in [7, 11) is 2.21. The highest BCUT2D eigenvalue weighted by Crippen LogP contribution is 2.27. The highest BCUT2D eigenvalue weighted by atomic mass is 16.5. The molecule has 0 bridgehead atoms. The Morgan fingerprint density at radius 2 is 1.57 bits per heavy atom. The Kier molecular flexibility index (Phi) is 3.10. The van der Waals surface area contributed by atoms with Gasteiger partial charge in [0, 0.05) is 44.9 Å². The van der Waals surface area contributed by atoms with Crippen molar-refractivity contribution in [2.75, 3.05) is 46.4 Å². The third kappa shape index (κ3) is 2.10. The van der Waals surface area contributed by atoms with Crippen LogP contribution in [0.4, 0.5) is 0 Å². The van der Waals surface area contributed by atoms with Gasteiger partial charge in [-0.1, -0.05) is 0 Å². The molecule has 0 amide bonds. The lowest BCUT2D eigenvalue weighted by Crippen LogP contribution is -2.56. The van der Waals surface area contributed by atoms with Crippen molar-refractivity contribution < 1.29 is 4.74 Å². The van der Waals surface area contributed by atoms with E-state index < -0.39 is 0 Å². The molecule has 0 saturated carbocycles. The highest BCUT2D eigenvalue weighted by molar-refractivity contribution is 4.90. The largest absolute Gasteiger partial charge is 0.381 e. The maximum atomic E-state index is 5.44. The number of likely N-dealkylation sites (N-methyl/N-ethyl adjacent to an activating group) is 1. The molecule has 0 N–H and O–H groups in total. The summed E-state index contributed by atoms with van der Waals surface area (Å²) in [4.78, 5) is 5.08. The van der Waals surface area contributed by atoms with E-state index in [4.69, 9.17) is 4.74 Å². The van der Waals surface area contributed by atoms with Gasteiger partial charge in [0.1, 0.15) is 0 Å². The molecule has 0 atom stereocenters. The molecule has 0 aromatic heterocycles.